The summed E-state index contributed by atoms with van der Waals surface area (Å²) in [6.45, 7) is 3.73. The molecule has 4 heterocycles. The first-order chi connectivity index (χ1) is 17.4. The quantitative estimate of drug-likeness (QED) is 0.381. The van der Waals surface area contributed by atoms with Gasteiger partial charge in [-0.15, -0.1) is 0 Å². The number of piperidine rings is 1. The topological polar surface area (TPSA) is 87.2 Å². The van der Waals surface area contributed by atoms with Crippen LogP contribution in [0.15, 0.2) is 58.5 Å². The molecule has 3 aromatic heterocycles. The van der Waals surface area contributed by atoms with Crippen molar-refractivity contribution in [1.29, 1.82) is 0 Å². The Morgan fingerprint density at radius 3 is 2.50 bits per heavy atom. The number of imidazole rings is 1. The fourth-order valence-corrected chi connectivity index (χ4v) is 4.88. The van der Waals surface area contributed by atoms with Gasteiger partial charge in [0.15, 0.2) is 11.2 Å². The van der Waals surface area contributed by atoms with E-state index in [1.54, 1.807) is 19.6 Å². The van der Waals surface area contributed by atoms with E-state index >= 15 is 0 Å². The zero-order chi connectivity index (χ0) is 25.2. The van der Waals surface area contributed by atoms with Crippen molar-refractivity contribution in [3.63, 3.8) is 0 Å². The number of aromatic nitrogens is 5. The molecular weight excluding hydrogens is 480 g/mol. The standard InChI is InChI=1S/C26H29ClN6O3/c1-30-24-23(25(34)31(2)26(30)35)33(17-29-24)15-14-32-12-9-20(10-13-32)36-16-22-21(4-3-11-28-22)18-5-7-19(27)8-6-18/h3-8,11,17,20H,9-10,12-16H2,1-2H3. The van der Waals surface area contributed by atoms with Gasteiger partial charge in [0.05, 0.1) is 24.7 Å². The molecule has 0 saturated carbocycles. The van der Waals surface area contributed by atoms with E-state index in [-0.39, 0.29) is 17.4 Å². The highest BCUT2D eigenvalue weighted by Crippen LogP contribution is 2.25. The van der Waals surface area contributed by atoms with E-state index in [9.17, 15) is 9.59 Å². The van der Waals surface area contributed by atoms with Crippen molar-refractivity contribution < 1.29 is 4.74 Å². The molecule has 10 heteroatoms. The van der Waals surface area contributed by atoms with Crippen LogP contribution in [-0.4, -0.2) is 54.3 Å². The van der Waals surface area contributed by atoms with E-state index in [0.717, 1.165) is 53.9 Å². The van der Waals surface area contributed by atoms with Gasteiger partial charge in [-0.05, 0) is 36.6 Å². The lowest BCUT2D eigenvalue weighted by atomic mass is 10.0. The summed E-state index contributed by atoms with van der Waals surface area (Å²) in [5.41, 5.74) is 3.25. The van der Waals surface area contributed by atoms with E-state index in [0.29, 0.717) is 29.3 Å². The highest BCUT2D eigenvalue weighted by atomic mass is 35.5. The lowest BCUT2D eigenvalue weighted by molar-refractivity contribution is -0.00398. The Bertz CT molecular complexity index is 1480. The SMILES string of the molecule is Cn1c(=O)c2c(ncn2CCN2CCC(OCc3ncccc3-c3ccc(Cl)cc3)CC2)n(C)c1=O. The second-order valence-corrected chi connectivity index (χ2v) is 9.61. The number of fused-ring (bicyclic) bond motifs is 1. The van der Waals surface area contributed by atoms with Crippen LogP contribution in [0.3, 0.4) is 0 Å². The van der Waals surface area contributed by atoms with E-state index in [1.807, 2.05) is 34.9 Å². The minimum absolute atomic E-state index is 0.178. The fraction of sp³-hybridized carbons (Fsp3) is 0.385. The van der Waals surface area contributed by atoms with E-state index in [1.165, 1.54) is 11.6 Å². The normalized spacial score (nSPS) is 15.1. The summed E-state index contributed by atoms with van der Waals surface area (Å²) in [7, 11) is 3.13. The molecule has 5 rings (SSSR count). The third-order valence-electron chi connectivity index (χ3n) is 6.91. The van der Waals surface area contributed by atoms with Gasteiger partial charge in [0.1, 0.15) is 0 Å². The molecule has 0 atom stereocenters. The van der Waals surface area contributed by atoms with Crippen molar-refractivity contribution in [2.24, 2.45) is 14.1 Å². The number of pyridine rings is 1. The Labute approximate surface area is 213 Å². The summed E-state index contributed by atoms with van der Waals surface area (Å²) in [6, 6.07) is 11.8. The van der Waals surface area contributed by atoms with Crippen LogP contribution >= 0.6 is 11.6 Å². The largest absolute Gasteiger partial charge is 0.372 e. The Balaban J connectivity index is 1.16. The van der Waals surface area contributed by atoms with Crippen molar-refractivity contribution >= 4 is 22.8 Å². The summed E-state index contributed by atoms with van der Waals surface area (Å²) < 4.78 is 10.6. The summed E-state index contributed by atoms with van der Waals surface area (Å²) in [4.78, 5) is 36.0. The number of halogens is 1. The molecule has 1 fully saturated rings. The number of hydrogen-bond donors (Lipinski definition) is 0. The monoisotopic (exact) mass is 508 g/mol. The zero-order valence-corrected chi connectivity index (χ0v) is 21.2. The molecule has 0 N–H and O–H groups in total. The number of benzene rings is 1. The van der Waals surface area contributed by atoms with Gasteiger partial charge in [-0.25, -0.2) is 9.78 Å². The molecule has 1 aromatic carbocycles. The number of ether oxygens (including phenoxy) is 1. The third kappa shape index (κ3) is 4.86. The molecule has 9 nitrogen and oxygen atoms in total. The lowest BCUT2D eigenvalue weighted by Crippen LogP contribution is -2.39. The van der Waals surface area contributed by atoms with Gasteiger partial charge >= 0.3 is 5.69 Å². The smallest absolute Gasteiger partial charge is 0.332 e. The highest BCUT2D eigenvalue weighted by molar-refractivity contribution is 6.30. The molecule has 1 saturated heterocycles. The van der Waals surface area contributed by atoms with Crippen molar-refractivity contribution in [3.05, 3.63) is 80.5 Å². The van der Waals surface area contributed by atoms with Crippen LogP contribution in [0.1, 0.15) is 18.5 Å². The van der Waals surface area contributed by atoms with Crippen molar-refractivity contribution in [3.8, 4) is 11.1 Å². The Morgan fingerprint density at radius 1 is 1.00 bits per heavy atom. The molecule has 36 heavy (non-hydrogen) atoms. The fourth-order valence-electron chi connectivity index (χ4n) is 4.76. The molecule has 4 aromatic rings. The summed E-state index contributed by atoms with van der Waals surface area (Å²) in [5.74, 6) is 0. The Hall–Kier alpha value is -3.27. The van der Waals surface area contributed by atoms with E-state index < -0.39 is 0 Å². The lowest BCUT2D eigenvalue weighted by Gasteiger charge is -2.32. The van der Waals surface area contributed by atoms with Crippen LogP contribution in [0.25, 0.3) is 22.3 Å². The van der Waals surface area contributed by atoms with Gasteiger partial charge in [0.2, 0.25) is 0 Å². The summed E-state index contributed by atoms with van der Waals surface area (Å²) >= 11 is 6.04. The molecule has 1 aliphatic heterocycles. The molecule has 1 aliphatic rings. The van der Waals surface area contributed by atoms with Gasteiger partial charge in [-0.1, -0.05) is 29.8 Å². The number of aryl methyl sites for hydroxylation is 1. The average Bonchev–Trinajstić information content (AvgIpc) is 3.34. The van der Waals surface area contributed by atoms with E-state index in [4.69, 9.17) is 16.3 Å². The first kappa shape index (κ1) is 24.4. The molecule has 188 valence electrons. The van der Waals surface area contributed by atoms with Gasteiger partial charge in [0.25, 0.3) is 5.56 Å². The minimum atomic E-state index is -0.370. The number of nitrogens with zero attached hydrogens (tertiary/aromatic N) is 6. The van der Waals surface area contributed by atoms with Crippen LogP contribution in [0.5, 0.6) is 0 Å². The van der Waals surface area contributed by atoms with E-state index in [2.05, 4.69) is 20.9 Å². The highest BCUT2D eigenvalue weighted by Gasteiger charge is 2.21. The van der Waals surface area contributed by atoms with Gasteiger partial charge < -0.3 is 14.2 Å². The van der Waals surface area contributed by atoms with Crippen LogP contribution < -0.4 is 11.2 Å². The van der Waals surface area contributed by atoms with Crippen molar-refractivity contribution in [2.75, 3.05) is 19.6 Å². The molecule has 0 spiro atoms. The number of likely N-dealkylation sites (tertiary alicyclic amines) is 1. The molecule has 0 unspecified atom stereocenters. The molecular formula is C26H29ClN6O3. The average molecular weight is 509 g/mol. The molecule has 0 bridgehead atoms. The predicted molar refractivity (Wildman–Crippen MR) is 139 cm³/mol. The van der Waals surface area contributed by atoms with Crippen LogP contribution in [0, 0.1) is 0 Å². The van der Waals surface area contributed by atoms with Crippen LogP contribution in [0.4, 0.5) is 0 Å². The van der Waals surface area contributed by atoms with Gasteiger partial charge in [-0.2, -0.15) is 0 Å². The second kappa shape index (κ2) is 10.4. The number of rotatable bonds is 7. The zero-order valence-electron chi connectivity index (χ0n) is 20.4. The van der Waals surface area contributed by atoms with Crippen LogP contribution in [-0.2, 0) is 32.0 Å². The Kier molecular flexibility index (Phi) is 7.04. The maximum absolute atomic E-state index is 12.6. The second-order valence-electron chi connectivity index (χ2n) is 9.17. The summed E-state index contributed by atoms with van der Waals surface area (Å²) in [5, 5.41) is 0.710. The summed E-state index contributed by atoms with van der Waals surface area (Å²) in [6.07, 6.45) is 5.49. The van der Waals surface area contributed by atoms with Crippen molar-refractivity contribution in [1.82, 2.24) is 28.6 Å². The maximum Gasteiger partial charge on any atom is 0.332 e. The molecule has 0 radical (unpaired) electrons. The maximum atomic E-state index is 12.6. The van der Waals surface area contributed by atoms with Crippen LogP contribution in [0.2, 0.25) is 5.02 Å². The minimum Gasteiger partial charge on any atom is -0.372 e. The third-order valence-corrected chi connectivity index (χ3v) is 7.16. The first-order valence-corrected chi connectivity index (χ1v) is 12.4. The predicted octanol–water partition coefficient (Wildman–Crippen LogP) is 2.83. The molecule has 0 aliphatic carbocycles. The Morgan fingerprint density at radius 2 is 1.75 bits per heavy atom. The first-order valence-electron chi connectivity index (χ1n) is 12.1. The van der Waals surface area contributed by atoms with Gasteiger partial charge in [0, 0.05) is 57.1 Å². The van der Waals surface area contributed by atoms with Crippen molar-refractivity contribution in [2.45, 2.75) is 32.1 Å². The van der Waals surface area contributed by atoms with Gasteiger partial charge in [-0.3, -0.25) is 18.9 Å². The molecule has 0 amide bonds. The number of hydrogen-bond acceptors (Lipinski definition) is 6.